The van der Waals surface area contributed by atoms with Crippen LogP contribution in [0.4, 0.5) is 4.39 Å². The Hall–Kier alpha value is -0.320. The fraction of sp³-hybridized carbons (Fsp3) is 0.538. The molecule has 0 amide bonds. The molecule has 2 nitrogen and oxygen atoms in total. The molecule has 1 N–H and O–H groups in total. The van der Waals surface area contributed by atoms with E-state index in [9.17, 15) is 4.39 Å². The second-order valence-corrected chi connectivity index (χ2v) is 6.14. The van der Waals surface area contributed by atoms with E-state index in [-0.39, 0.29) is 16.9 Å². The number of hydrogen-bond acceptors (Lipinski definition) is 2. The normalized spacial score (nSPS) is 23.2. The number of ether oxygens (including phenoxy) is 1. The molecular weight excluding hydrogens is 321 g/mol. The fourth-order valence-corrected chi connectivity index (χ4v) is 3.26. The van der Waals surface area contributed by atoms with Crippen LogP contribution in [0.25, 0.3) is 0 Å². The Morgan fingerprint density at radius 2 is 2.17 bits per heavy atom. The zero-order chi connectivity index (χ0) is 12.7. The maximum Gasteiger partial charge on any atom is 0.150 e. The van der Waals surface area contributed by atoms with Gasteiger partial charge in [-0.05, 0) is 47.7 Å². The summed E-state index contributed by atoms with van der Waals surface area (Å²) in [6.07, 6.45) is 4.15. The average molecular weight is 335 g/mol. The lowest BCUT2D eigenvalue weighted by Gasteiger charge is -2.20. The highest BCUT2D eigenvalue weighted by Gasteiger charge is 2.31. The highest BCUT2D eigenvalue weighted by atomic mass is 79.9. The van der Waals surface area contributed by atoms with Crippen molar-refractivity contribution < 1.29 is 9.13 Å². The Bertz CT molecular complexity index is 479. The molecule has 1 aliphatic heterocycles. The van der Waals surface area contributed by atoms with E-state index in [0.717, 1.165) is 17.3 Å². The standard InChI is InChI=1S/C13H14BrClFNO/c14-8-6-9(15)12(16)11-10(17-7-3-4-7)2-1-5-18-13(8)11/h6-7,10,17H,1-5H2. The molecule has 18 heavy (non-hydrogen) atoms. The molecule has 1 unspecified atom stereocenters. The van der Waals surface area contributed by atoms with Gasteiger partial charge in [0.05, 0.1) is 16.1 Å². The topological polar surface area (TPSA) is 21.3 Å². The summed E-state index contributed by atoms with van der Waals surface area (Å²) in [5.41, 5.74) is 0.582. The van der Waals surface area contributed by atoms with E-state index in [4.69, 9.17) is 16.3 Å². The van der Waals surface area contributed by atoms with E-state index in [1.54, 1.807) is 6.07 Å². The van der Waals surface area contributed by atoms with Crippen LogP contribution in [-0.2, 0) is 0 Å². The van der Waals surface area contributed by atoms with E-state index < -0.39 is 0 Å². The Balaban J connectivity index is 2.05. The van der Waals surface area contributed by atoms with Crippen molar-refractivity contribution in [3.8, 4) is 5.75 Å². The largest absolute Gasteiger partial charge is 0.492 e. The van der Waals surface area contributed by atoms with Crippen molar-refractivity contribution in [1.29, 1.82) is 0 Å². The van der Waals surface area contributed by atoms with Crippen molar-refractivity contribution in [3.05, 3.63) is 26.9 Å². The third kappa shape index (κ3) is 2.38. The Kier molecular flexibility index (Phi) is 3.52. The summed E-state index contributed by atoms with van der Waals surface area (Å²) in [4.78, 5) is 0. The molecule has 0 saturated heterocycles. The zero-order valence-corrected chi connectivity index (χ0v) is 12.2. The molecule has 1 saturated carbocycles. The molecule has 1 aliphatic carbocycles. The van der Waals surface area contributed by atoms with Gasteiger partial charge in [-0.25, -0.2) is 4.39 Å². The first-order valence-electron chi connectivity index (χ1n) is 6.23. The number of fused-ring (bicyclic) bond motifs is 1. The van der Waals surface area contributed by atoms with Gasteiger partial charge in [0.2, 0.25) is 0 Å². The molecule has 0 radical (unpaired) electrons. The molecule has 1 fully saturated rings. The molecular formula is C13H14BrClFNO. The highest BCUT2D eigenvalue weighted by Crippen LogP contribution is 2.42. The molecule has 0 bridgehead atoms. The first kappa shape index (κ1) is 12.7. The molecule has 0 spiro atoms. The monoisotopic (exact) mass is 333 g/mol. The molecule has 1 heterocycles. The first-order chi connectivity index (χ1) is 8.66. The van der Waals surface area contributed by atoms with E-state index in [1.165, 1.54) is 12.8 Å². The van der Waals surface area contributed by atoms with Gasteiger partial charge in [-0.2, -0.15) is 0 Å². The summed E-state index contributed by atoms with van der Waals surface area (Å²) in [6.45, 7) is 0.621. The smallest absolute Gasteiger partial charge is 0.150 e. The number of hydrogen-bond donors (Lipinski definition) is 1. The van der Waals surface area contributed by atoms with Crippen LogP contribution in [0, 0.1) is 5.82 Å². The van der Waals surface area contributed by atoms with E-state index in [2.05, 4.69) is 21.2 Å². The van der Waals surface area contributed by atoms with Crippen LogP contribution in [-0.4, -0.2) is 12.6 Å². The molecule has 1 atom stereocenters. The minimum Gasteiger partial charge on any atom is -0.492 e. The van der Waals surface area contributed by atoms with Gasteiger partial charge in [0.15, 0.2) is 0 Å². The second kappa shape index (κ2) is 4.99. The van der Waals surface area contributed by atoms with Gasteiger partial charge in [-0.3, -0.25) is 0 Å². The number of nitrogens with one attached hydrogen (secondary N) is 1. The van der Waals surface area contributed by atoms with Crippen molar-refractivity contribution in [2.75, 3.05) is 6.61 Å². The summed E-state index contributed by atoms with van der Waals surface area (Å²) in [5.74, 6) is 0.252. The van der Waals surface area contributed by atoms with Crippen molar-refractivity contribution in [2.24, 2.45) is 0 Å². The molecule has 3 rings (SSSR count). The van der Waals surface area contributed by atoms with Crippen LogP contribution < -0.4 is 10.1 Å². The summed E-state index contributed by atoms with van der Waals surface area (Å²) in [5, 5.41) is 3.63. The number of rotatable bonds is 2. The Morgan fingerprint density at radius 1 is 1.39 bits per heavy atom. The van der Waals surface area contributed by atoms with Crippen LogP contribution >= 0.6 is 27.5 Å². The number of benzene rings is 1. The predicted molar refractivity (Wildman–Crippen MR) is 72.7 cm³/mol. The van der Waals surface area contributed by atoms with Crippen molar-refractivity contribution in [3.63, 3.8) is 0 Å². The average Bonchev–Trinajstić information content (AvgIpc) is 3.14. The van der Waals surface area contributed by atoms with Crippen molar-refractivity contribution in [2.45, 2.75) is 37.8 Å². The maximum absolute atomic E-state index is 14.3. The molecule has 5 heteroatoms. The Morgan fingerprint density at radius 3 is 2.89 bits per heavy atom. The van der Waals surface area contributed by atoms with Crippen LogP contribution in [0.1, 0.15) is 37.3 Å². The maximum atomic E-state index is 14.3. The molecule has 1 aromatic carbocycles. The van der Waals surface area contributed by atoms with Gasteiger partial charge < -0.3 is 10.1 Å². The van der Waals surface area contributed by atoms with Gasteiger partial charge in [0.1, 0.15) is 11.6 Å². The summed E-state index contributed by atoms with van der Waals surface area (Å²) >= 11 is 9.34. The molecule has 98 valence electrons. The third-order valence-electron chi connectivity index (χ3n) is 3.41. The summed E-state index contributed by atoms with van der Waals surface area (Å²) in [7, 11) is 0. The van der Waals surface area contributed by atoms with Crippen LogP contribution in [0.5, 0.6) is 5.75 Å². The minimum atomic E-state index is -0.352. The zero-order valence-electron chi connectivity index (χ0n) is 9.81. The van der Waals surface area contributed by atoms with Crippen LogP contribution in [0.2, 0.25) is 5.02 Å². The molecule has 0 aromatic heterocycles. The van der Waals surface area contributed by atoms with Crippen molar-refractivity contribution in [1.82, 2.24) is 5.32 Å². The van der Waals surface area contributed by atoms with Gasteiger partial charge in [-0.1, -0.05) is 11.6 Å². The SMILES string of the molecule is Fc1c(Cl)cc(Br)c2c1C(NC1CC1)CCCO2. The molecule has 1 aromatic rings. The van der Waals surface area contributed by atoms with E-state index >= 15 is 0 Å². The summed E-state index contributed by atoms with van der Waals surface area (Å²) in [6, 6.07) is 2.10. The summed E-state index contributed by atoms with van der Waals surface area (Å²) < 4.78 is 20.7. The van der Waals surface area contributed by atoms with Gasteiger partial charge in [-0.15, -0.1) is 0 Å². The lowest BCUT2D eigenvalue weighted by atomic mass is 10.0. The predicted octanol–water partition coefficient (Wildman–Crippen LogP) is 4.21. The fourth-order valence-electron chi connectivity index (χ4n) is 2.36. The molecule has 2 aliphatic rings. The van der Waals surface area contributed by atoms with Crippen LogP contribution in [0.3, 0.4) is 0 Å². The van der Waals surface area contributed by atoms with Crippen LogP contribution in [0.15, 0.2) is 10.5 Å². The Labute approximate surface area is 119 Å². The van der Waals surface area contributed by atoms with Gasteiger partial charge >= 0.3 is 0 Å². The number of halogens is 3. The lowest BCUT2D eigenvalue weighted by molar-refractivity contribution is 0.312. The lowest BCUT2D eigenvalue weighted by Crippen LogP contribution is -2.24. The third-order valence-corrected chi connectivity index (χ3v) is 4.27. The first-order valence-corrected chi connectivity index (χ1v) is 7.40. The van der Waals surface area contributed by atoms with Gasteiger partial charge in [0, 0.05) is 17.6 Å². The van der Waals surface area contributed by atoms with Gasteiger partial charge in [0.25, 0.3) is 0 Å². The second-order valence-electron chi connectivity index (χ2n) is 4.88. The minimum absolute atomic E-state index is 0.00463. The quantitative estimate of drug-likeness (QED) is 0.818. The van der Waals surface area contributed by atoms with Crippen molar-refractivity contribution >= 4 is 27.5 Å². The van der Waals surface area contributed by atoms with E-state index in [1.807, 2.05) is 0 Å². The van der Waals surface area contributed by atoms with E-state index in [0.29, 0.717) is 24.0 Å². The highest BCUT2D eigenvalue weighted by molar-refractivity contribution is 9.10.